The predicted octanol–water partition coefficient (Wildman–Crippen LogP) is 10.8. The highest BCUT2D eigenvalue weighted by atomic mass is 15.2. The molecule has 0 aliphatic carbocycles. The summed E-state index contributed by atoms with van der Waals surface area (Å²) in [5.41, 5.74) is 15.3. The fourth-order valence-electron chi connectivity index (χ4n) is 8.30. The summed E-state index contributed by atoms with van der Waals surface area (Å²) in [6.07, 6.45) is 1.80. The zero-order chi connectivity index (χ0) is 39.5. The number of rotatable bonds is 5. The molecular weight excluding hydrogens is 727 g/mol. The summed E-state index contributed by atoms with van der Waals surface area (Å²) in [5.74, 6) is 1.93. The van der Waals surface area contributed by atoms with E-state index in [0.29, 0.717) is 17.5 Å². The van der Waals surface area contributed by atoms with Crippen molar-refractivity contribution in [3.05, 3.63) is 188 Å². The zero-order valence-corrected chi connectivity index (χ0v) is 31.5. The van der Waals surface area contributed by atoms with Crippen LogP contribution in [0.4, 0.5) is 0 Å². The van der Waals surface area contributed by atoms with Gasteiger partial charge in [0.15, 0.2) is 17.5 Å². The van der Waals surface area contributed by atoms with Gasteiger partial charge in [-0.1, -0.05) is 133 Å². The molecule has 0 spiro atoms. The van der Waals surface area contributed by atoms with Gasteiger partial charge in [-0.2, -0.15) is 4.99 Å². The van der Waals surface area contributed by atoms with Crippen LogP contribution in [0.1, 0.15) is 5.56 Å². The molecule has 4 heterocycles. The van der Waals surface area contributed by atoms with Gasteiger partial charge in [-0.3, -0.25) is 15.0 Å². The second-order valence-corrected chi connectivity index (χ2v) is 14.3. The largest absolute Gasteiger partial charge is 0.383 e. The molecule has 7 aromatic carbocycles. The summed E-state index contributed by atoms with van der Waals surface area (Å²) in [7, 11) is 0. The van der Waals surface area contributed by atoms with E-state index in [-0.39, 0.29) is 11.8 Å². The van der Waals surface area contributed by atoms with Gasteiger partial charge in [0.25, 0.3) is 0 Å². The van der Waals surface area contributed by atoms with Crippen LogP contribution in [-0.4, -0.2) is 40.9 Å². The molecule has 278 valence electrons. The molecule has 0 aliphatic rings. The minimum absolute atomic E-state index is 0.0244. The van der Waals surface area contributed by atoms with Gasteiger partial charge < -0.3 is 10.3 Å². The number of nitrogens with one attached hydrogen (secondary N) is 1. The standard InChI is InChI=1S/C50H33N9/c51-46(32-15-3-1-4-16-32)54-50(52)59-39-25-10-7-21-34(39)35-28-29-42-43(45(35)59)36-22-8-11-26-40(36)58(42)41-27-12-9-23-37(41)48-55-47(33-17-5-2-6-18-33)56-49(57-48)38-24-13-19-31-20-14-30-53-44(31)38/h1-30H,(H3,51,52,54). The van der Waals surface area contributed by atoms with Crippen LogP contribution in [0, 0.1) is 5.41 Å². The first-order chi connectivity index (χ1) is 29.1. The molecule has 11 aromatic rings. The third-order valence-corrected chi connectivity index (χ3v) is 10.9. The first-order valence-electron chi connectivity index (χ1n) is 19.3. The maximum atomic E-state index is 9.49. The Hall–Kier alpha value is -8.30. The number of para-hydroxylation sites is 4. The molecule has 0 aliphatic heterocycles. The van der Waals surface area contributed by atoms with E-state index in [0.717, 1.165) is 82.5 Å². The van der Waals surface area contributed by atoms with Gasteiger partial charge in [0.2, 0.25) is 5.96 Å². The molecule has 0 saturated heterocycles. The molecule has 0 unspecified atom stereocenters. The Morgan fingerprint density at radius 2 is 1.17 bits per heavy atom. The van der Waals surface area contributed by atoms with Crippen LogP contribution in [0.5, 0.6) is 0 Å². The summed E-state index contributed by atoms with van der Waals surface area (Å²) in [5, 5.41) is 14.5. The number of pyridine rings is 1. The summed E-state index contributed by atoms with van der Waals surface area (Å²) >= 11 is 0. The SMILES string of the molecule is N=C(N=C(N)c1ccccc1)n1c2ccccc2c2ccc3c(c4ccccc4n3-c3ccccc3-c3nc(-c4ccccc4)nc(-c4cccc5cccnc45)n3)c21. The number of nitrogens with two attached hydrogens (primary N) is 1. The van der Waals surface area contributed by atoms with Gasteiger partial charge in [0.1, 0.15) is 5.84 Å². The monoisotopic (exact) mass is 759 g/mol. The highest BCUT2D eigenvalue weighted by Gasteiger charge is 2.24. The molecule has 0 amide bonds. The Balaban J connectivity index is 1.18. The van der Waals surface area contributed by atoms with E-state index in [2.05, 4.69) is 64.2 Å². The topological polar surface area (TPSA) is 124 Å². The van der Waals surface area contributed by atoms with Crippen LogP contribution in [0.25, 0.3) is 94.4 Å². The Labute approximate surface area is 337 Å². The van der Waals surface area contributed by atoms with Crippen molar-refractivity contribution in [1.29, 1.82) is 5.41 Å². The lowest BCUT2D eigenvalue weighted by atomic mass is 10.1. The quantitative estimate of drug-likeness (QED) is 0.134. The normalized spacial score (nSPS) is 12.0. The maximum absolute atomic E-state index is 9.49. The molecule has 9 heteroatoms. The van der Waals surface area contributed by atoms with Gasteiger partial charge in [0, 0.05) is 55.4 Å². The molecule has 3 N–H and O–H groups in total. The van der Waals surface area contributed by atoms with Crippen molar-refractivity contribution >= 4 is 66.3 Å². The second kappa shape index (κ2) is 13.7. The predicted molar refractivity (Wildman–Crippen MR) is 239 cm³/mol. The van der Waals surface area contributed by atoms with E-state index in [9.17, 15) is 5.41 Å². The molecule has 0 bridgehead atoms. The number of aromatic nitrogens is 6. The molecule has 11 rings (SSSR count). The van der Waals surface area contributed by atoms with Crippen LogP contribution < -0.4 is 5.73 Å². The van der Waals surface area contributed by atoms with E-state index in [1.54, 1.807) is 6.20 Å². The summed E-state index contributed by atoms with van der Waals surface area (Å²) in [6, 6.07) is 58.7. The average Bonchev–Trinajstić information content (AvgIpc) is 3.82. The average molecular weight is 760 g/mol. The van der Waals surface area contributed by atoms with Crippen LogP contribution in [-0.2, 0) is 0 Å². The van der Waals surface area contributed by atoms with Gasteiger partial charge >= 0.3 is 0 Å². The Bertz CT molecular complexity index is 3470. The molecule has 4 aromatic heterocycles. The van der Waals surface area contributed by atoms with E-state index in [4.69, 9.17) is 25.7 Å². The smallest absolute Gasteiger partial charge is 0.229 e. The highest BCUT2D eigenvalue weighted by molar-refractivity contribution is 6.28. The number of benzene rings is 7. The molecule has 59 heavy (non-hydrogen) atoms. The van der Waals surface area contributed by atoms with Gasteiger partial charge in [0.05, 0.1) is 33.3 Å². The number of aliphatic imine (C=N–C) groups is 1. The fraction of sp³-hybridized carbons (Fsp3) is 0. The van der Waals surface area contributed by atoms with Crippen molar-refractivity contribution in [2.24, 2.45) is 10.7 Å². The highest BCUT2D eigenvalue weighted by Crippen LogP contribution is 2.42. The number of fused-ring (bicyclic) bond motifs is 8. The van der Waals surface area contributed by atoms with Gasteiger partial charge in [-0.05, 0) is 42.5 Å². The van der Waals surface area contributed by atoms with Crippen LogP contribution >= 0.6 is 0 Å². The lowest BCUT2D eigenvalue weighted by Crippen LogP contribution is -2.18. The first kappa shape index (κ1) is 34.0. The zero-order valence-electron chi connectivity index (χ0n) is 31.5. The van der Waals surface area contributed by atoms with Crippen molar-refractivity contribution in [3.8, 4) is 39.9 Å². The summed E-state index contributed by atoms with van der Waals surface area (Å²) in [6.45, 7) is 0. The fourth-order valence-corrected chi connectivity index (χ4v) is 8.30. The van der Waals surface area contributed by atoms with E-state index in [1.165, 1.54) is 0 Å². The van der Waals surface area contributed by atoms with Crippen LogP contribution in [0.2, 0.25) is 0 Å². The summed E-state index contributed by atoms with van der Waals surface area (Å²) < 4.78 is 4.20. The third kappa shape index (κ3) is 5.55. The number of nitrogens with zero attached hydrogens (tertiary/aromatic N) is 7. The van der Waals surface area contributed by atoms with Crippen LogP contribution in [0.15, 0.2) is 187 Å². The Morgan fingerprint density at radius 3 is 2.00 bits per heavy atom. The van der Waals surface area contributed by atoms with E-state index in [1.807, 2.05) is 126 Å². The second-order valence-electron chi connectivity index (χ2n) is 14.3. The minimum atomic E-state index is 0.0244. The van der Waals surface area contributed by atoms with Crippen molar-refractivity contribution in [1.82, 2.24) is 29.1 Å². The Kier molecular flexibility index (Phi) is 7.90. The molecule has 0 atom stereocenters. The molecule has 0 saturated carbocycles. The van der Waals surface area contributed by atoms with E-state index >= 15 is 0 Å². The van der Waals surface area contributed by atoms with Crippen molar-refractivity contribution in [2.75, 3.05) is 0 Å². The number of hydrogen-bond acceptors (Lipinski definition) is 5. The lowest BCUT2D eigenvalue weighted by Gasteiger charge is -2.15. The maximum Gasteiger partial charge on any atom is 0.229 e. The lowest BCUT2D eigenvalue weighted by molar-refractivity contribution is 1.07. The molecular formula is C50H33N9. The van der Waals surface area contributed by atoms with Crippen molar-refractivity contribution in [2.45, 2.75) is 0 Å². The number of amidine groups is 1. The minimum Gasteiger partial charge on any atom is -0.383 e. The van der Waals surface area contributed by atoms with E-state index < -0.39 is 0 Å². The molecule has 0 fully saturated rings. The van der Waals surface area contributed by atoms with Crippen molar-refractivity contribution in [3.63, 3.8) is 0 Å². The molecule has 0 radical (unpaired) electrons. The van der Waals surface area contributed by atoms with Gasteiger partial charge in [-0.15, -0.1) is 0 Å². The Morgan fingerprint density at radius 1 is 0.525 bits per heavy atom. The molecule has 9 nitrogen and oxygen atoms in total. The number of hydrogen-bond donors (Lipinski definition) is 2. The first-order valence-corrected chi connectivity index (χ1v) is 19.3. The third-order valence-electron chi connectivity index (χ3n) is 10.9. The van der Waals surface area contributed by atoms with Gasteiger partial charge in [-0.25, -0.2) is 15.0 Å². The summed E-state index contributed by atoms with van der Waals surface area (Å²) in [4.78, 5) is 24.9. The van der Waals surface area contributed by atoms with Crippen LogP contribution in [0.3, 0.4) is 0 Å². The van der Waals surface area contributed by atoms with Crippen molar-refractivity contribution < 1.29 is 0 Å².